The highest BCUT2D eigenvalue weighted by Crippen LogP contribution is 2.35. The van der Waals surface area contributed by atoms with E-state index < -0.39 is 0 Å². The number of nitrogens with one attached hydrogen (secondary N) is 1. The molecular weight excluding hydrogens is 268 g/mol. The van der Waals surface area contributed by atoms with Gasteiger partial charge in [0, 0.05) is 6.07 Å². The number of methoxy groups -OCH3 is 1. The molecule has 3 rings (SSSR count). The zero-order valence-electron chi connectivity index (χ0n) is 12.2. The second-order valence-electron chi connectivity index (χ2n) is 5.88. The molecule has 1 heterocycles. The number of hydrogen-bond donors (Lipinski definition) is 1. The maximum absolute atomic E-state index is 12.5. The lowest BCUT2D eigenvalue weighted by Crippen LogP contribution is -2.62. The summed E-state index contributed by atoms with van der Waals surface area (Å²) in [5.74, 6) is 0.500. The molecule has 3 amide bonds. The fraction of sp³-hybridized carbons (Fsp3) is 0.500. The lowest BCUT2D eigenvalue weighted by atomic mass is 9.78. The Bertz CT molecular complexity index is 544. The molecule has 1 saturated heterocycles. The molecule has 1 aromatic carbocycles. The van der Waals surface area contributed by atoms with Crippen LogP contribution in [-0.2, 0) is 4.79 Å². The first-order valence-corrected chi connectivity index (χ1v) is 7.43. The van der Waals surface area contributed by atoms with Crippen molar-refractivity contribution < 1.29 is 14.3 Å². The first kappa shape index (κ1) is 13.9. The summed E-state index contributed by atoms with van der Waals surface area (Å²) >= 11 is 0. The van der Waals surface area contributed by atoms with Gasteiger partial charge in [-0.05, 0) is 25.0 Å². The van der Waals surface area contributed by atoms with Crippen LogP contribution in [0.4, 0.5) is 10.5 Å². The standard InChI is InChI=1S/C16H20N2O3/c1-21-13-7-5-6-12(10-13)18-14(19)11-16(17-15(18)20)8-3-2-4-9-16/h5-7,10H,2-4,8-9,11H2,1H3,(H,17,20). The zero-order valence-corrected chi connectivity index (χ0v) is 12.2. The van der Waals surface area contributed by atoms with Crippen molar-refractivity contribution in [3.05, 3.63) is 24.3 Å². The van der Waals surface area contributed by atoms with E-state index in [9.17, 15) is 9.59 Å². The van der Waals surface area contributed by atoms with Gasteiger partial charge in [-0.2, -0.15) is 0 Å². The number of benzene rings is 1. The summed E-state index contributed by atoms with van der Waals surface area (Å²) in [5.41, 5.74) is 0.240. The van der Waals surface area contributed by atoms with Gasteiger partial charge in [0.25, 0.3) is 0 Å². The van der Waals surface area contributed by atoms with Crippen molar-refractivity contribution >= 4 is 17.6 Å². The monoisotopic (exact) mass is 288 g/mol. The number of carbonyl (C=O) groups excluding carboxylic acids is 2. The Labute approximate surface area is 124 Å². The number of nitrogens with zero attached hydrogens (tertiary/aromatic N) is 1. The van der Waals surface area contributed by atoms with Crippen LogP contribution in [0.5, 0.6) is 5.75 Å². The first-order valence-electron chi connectivity index (χ1n) is 7.43. The fourth-order valence-electron chi connectivity index (χ4n) is 3.35. The lowest BCUT2D eigenvalue weighted by molar-refractivity contribution is -0.120. The summed E-state index contributed by atoms with van der Waals surface area (Å²) in [6, 6.07) is 6.70. The minimum Gasteiger partial charge on any atom is -0.497 e. The van der Waals surface area contributed by atoms with Crippen LogP contribution >= 0.6 is 0 Å². The summed E-state index contributed by atoms with van der Waals surface area (Å²) in [6.45, 7) is 0. The summed E-state index contributed by atoms with van der Waals surface area (Å²) in [5, 5.41) is 3.07. The summed E-state index contributed by atoms with van der Waals surface area (Å²) in [7, 11) is 1.56. The predicted molar refractivity (Wildman–Crippen MR) is 79.4 cm³/mol. The summed E-state index contributed by atoms with van der Waals surface area (Å²) < 4.78 is 5.16. The van der Waals surface area contributed by atoms with Crippen molar-refractivity contribution in [1.82, 2.24) is 5.32 Å². The van der Waals surface area contributed by atoms with E-state index >= 15 is 0 Å². The first-order chi connectivity index (χ1) is 10.1. The van der Waals surface area contributed by atoms with Gasteiger partial charge in [-0.1, -0.05) is 25.3 Å². The molecule has 0 radical (unpaired) electrons. The van der Waals surface area contributed by atoms with Gasteiger partial charge < -0.3 is 10.1 Å². The Kier molecular flexibility index (Phi) is 3.57. The highest BCUT2D eigenvalue weighted by molar-refractivity contribution is 6.16. The molecular formula is C16H20N2O3. The minimum atomic E-state index is -0.318. The molecule has 1 N–H and O–H groups in total. The van der Waals surface area contributed by atoms with Gasteiger partial charge >= 0.3 is 6.03 Å². The van der Waals surface area contributed by atoms with Crippen LogP contribution in [0.3, 0.4) is 0 Å². The van der Waals surface area contributed by atoms with Crippen LogP contribution in [0.25, 0.3) is 0 Å². The van der Waals surface area contributed by atoms with Crippen LogP contribution in [0.2, 0.25) is 0 Å². The van der Waals surface area contributed by atoms with Crippen molar-refractivity contribution in [3.8, 4) is 5.75 Å². The summed E-state index contributed by atoms with van der Waals surface area (Å²) in [4.78, 5) is 26.2. The van der Waals surface area contributed by atoms with E-state index in [0.717, 1.165) is 25.7 Å². The number of anilines is 1. The third-order valence-corrected chi connectivity index (χ3v) is 4.44. The van der Waals surface area contributed by atoms with E-state index in [4.69, 9.17) is 4.74 Å². The molecule has 1 saturated carbocycles. The Morgan fingerprint density at radius 3 is 2.62 bits per heavy atom. The maximum Gasteiger partial charge on any atom is 0.329 e. The lowest BCUT2D eigenvalue weighted by Gasteiger charge is -2.43. The molecule has 0 aromatic heterocycles. The Balaban J connectivity index is 1.85. The second-order valence-corrected chi connectivity index (χ2v) is 5.88. The molecule has 112 valence electrons. The summed E-state index contributed by atoms with van der Waals surface area (Å²) in [6.07, 6.45) is 5.52. The van der Waals surface area contributed by atoms with Crippen LogP contribution < -0.4 is 15.0 Å². The van der Waals surface area contributed by atoms with Crippen LogP contribution in [0.1, 0.15) is 38.5 Å². The SMILES string of the molecule is COc1cccc(N2C(=O)CC3(CCCCC3)NC2=O)c1. The molecule has 5 nitrogen and oxygen atoms in total. The zero-order chi connectivity index (χ0) is 14.9. The van der Waals surface area contributed by atoms with Gasteiger partial charge in [-0.25, -0.2) is 9.69 Å². The third-order valence-electron chi connectivity index (χ3n) is 4.44. The molecule has 1 spiro atoms. The van der Waals surface area contributed by atoms with Crippen LogP contribution in [0.15, 0.2) is 24.3 Å². The van der Waals surface area contributed by atoms with Crippen LogP contribution in [0, 0.1) is 0 Å². The smallest absolute Gasteiger partial charge is 0.329 e. The van der Waals surface area contributed by atoms with Crippen molar-refractivity contribution in [2.45, 2.75) is 44.1 Å². The average Bonchev–Trinajstić information content (AvgIpc) is 2.47. The maximum atomic E-state index is 12.5. The molecule has 2 aliphatic rings. The predicted octanol–water partition coefficient (Wildman–Crippen LogP) is 2.84. The molecule has 5 heteroatoms. The highest BCUT2D eigenvalue weighted by Gasteiger charge is 2.44. The Morgan fingerprint density at radius 2 is 1.95 bits per heavy atom. The van der Waals surface area contributed by atoms with Crippen molar-refractivity contribution in [2.75, 3.05) is 12.0 Å². The minimum absolute atomic E-state index is 0.131. The molecule has 0 atom stereocenters. The quantitative estimate of drug-likeness (QED) is 0.910. The number of hydrogen-bond acceptors (Lipinski definition) is 3. The topological polar surface area (TPSA) is 58.6 Å². The molecule has 0 unspecified atom stereocenters. The van der Waals surface area contributed by atoms with Crippen LogP contribution in [-0.4, -0.2) is 24.6 Å². The molecule has 1 aliphatic heterocycles. The fourth-order valence-corrected chi connectivity index (χ4v) is 3.35. The molecule has 21 heavy (non-hydrogen) atoms. The van der Waals surface area contributed by atoms with E-state index in [1.54, 1.807) is 31.4 Å². The number of carbonyl (C=O) groups is 2. The average molecular weight is 288 g/mol. The number of amides is 3. The molecule has 2 fully saturated rings. The normalized spacial score (nSPS) is 21.3. The Hall–Kier alpha value is -2.04. The van der Waals surface area contributed by atoms with Gasteiger partial charge in [0.2, 0.25) is 5.91 Å². The number of rotatable bonds is 2. The second kappa shape index (κ2) is 5.39. The Morgan fingerprint density at radius 1 is 1.19 bits per heavy atom. The van der Waals surface area contributed by atoms with Gasteiger partial charge in [0.15, 0.2) is 0 Å². The van der Waals surface area contributed by atoms with E-state index in [0.29, 0.717) is 17.9 Å². The molecule has 1 aromatic rings. The number of urea groups is 1. The van der Waals surface area contributed by atoms with Gasteiger partial charge in [-0.3, -0.25) is 4.79 Å². The van der Waals surface area contributed by atoms with Gasteiger partial charge in [-0.15, -0.1) is 0 Å². The van der Waals surface area contributed by atoms with E-state index in [1.165, 1.54) is 11.3 Å². The highest BCUT2D eigenvalue weighted by atomic mass is 16.5. The van der Waals surface area contributed by atoms with Gasteiger partial charge in [0.1, 0.15) is 5.75 Å². The van der Waals surface area contributed by atoms with Crippen molar-refractivity contribution in [1.29, 1.82) is 0 Å². The molecule has 1 aliphatic carbocycles. The third kappa shape index (κ3) is 2.60. The van der Waals surface area contributed by atoms with E-state index in [1.807, 2.05) is 0 Å². The number of ether oxygens (including phenoxy) is 1. The van der Waals surface area contributed by atoms with Crippen molar-refractivity contribution in [2.24, 2.45) is 0 Å². The van der Waals surface area contributed by atoms with Gasteiger partial charge in [0.05, 0.1) is 24.8 Å². The van der Waals surface area contributed by atoms with Crippen molar-refractivity contribution in [3.63, 3.8) is 0 Å². The van der Waals surface area contributed by atoms with E-state index in [-0.39, 0.29) is 17.5 Å². The number of imide groups is 1. The van der Waals surface area contributed by atoms with E-state index in [2.05, 4.69) is 5.32 Å². The molecule has 0 bridgehead atoms. The largest absolute Gasteiger partial charge is 0.497 e.